The molecule has 2 aromatic rings. The lowest BCUT2D eigenvalue weighted by atomic mass is 10.2. The lowest BCUT2D eigenvalue weighted by molar-refractivity contribution is 0.0933. The number of carbonyl (C=O) groups excluding carboxylic acids is 1. The normalized spacial score (nSPS) is 20.2. The average molecular weight is 322 g/mol. The molecular weight excluding hydrogens is 304 g/mol. The minimum absolute atomic E-state index is 0.0198. The molecule has 1 aliphatic heterocycles. The smallest absolute Gasteiger partial charge is 0.268 e. The molecule has 118 valence electrons. The highest BCUT2D eigenvalue weighted by Crippen LogP contribution is 2.28. The maximum Gasteiger partial charge on any atom is 0.268 e. The number of hydrogen-bond acceptors (Lipinski definition) is 4. The van der Waals surface area contributed by atoms with Crippen molar-refractivity contribution < 1.29 is 17.9 Å². The zero-order valence-corrected chi connectivity index (χ0v) is 13.3. The van der Waals surface area contributed by atoms with Crippen LogP contribution in [0.3, 0.4) is 0 Å². The fraction of sp³-hybridized carbons (Fsp3) is 0.400. The molecule has 1 fully saturated rings. The highest BCUT2D eigenvalue weighted by atomic mass is 32.2. The fourth-order valence-corrected chi connectivity index (χ4v) is 4.60. The number of carbonyl (C=O) groups is 1. The number of amides is 1. The molecule has 1 aliphatic rings. The number of nitrogens with zero attached hydrogens (tertiary/aromatic N) is 1. The minimum atomic E-state index is -3.01. The zero-order valence-electron chi connectivity index (χ0n) is 12.5. The molecule has 1 saturated heterocycles. The van der Waals surface area contributed by atoms with Crippen molar-refractivity contribution in [1.82, 2.24) is 9.88 Å². The van der Waals surface area contributed by atoms with E-state index in [2.05, 4.69) is 5.32 Å². The number of methoxy groups -OCH3 is 1. The van der Waals surface area contributed by atoms with Gasteiger partial charge in [0.2, 0.25) is 0 Å². The molecule has 22 heavy (non-hydrogen) atoms. The summed E-state index contributed by atoms with van der Waals surface area (Å²) in [6.07, 6.45) is 0.474. The number of hydrogen-bond donors (Lipinski definition) is 1. The van der Waals surface area contributed by atoms with Crippen molar-refractivity contribution in [3.63, 3.8) is 0 Å². The van der Waals surface area contributed by atoms with Crippen molar-refractivity contribution in [1.29, 1.82) is 0 Å². The van der Waals surface area contributed by atoms with E-state index in [-0.39, 0.29) is 23.5 Å². The van der Waals surface area contributed by atoms with Crippen LogP contribution in [0.25, 0.3) is 10.9 Å². The molecule has 6 nitrogen and oxygen atoms in total. The van der Waals surface area contributed by atoms with Crippen LogP contribution in [-0.2, 0) is 16.9 Å². The molecule has 0 aliphatic carbocycles. The average Bonchev–Trinajstić information content (AvgIpc) is 2.99. The third-order valence-corrected chi connectivity index (χ3v) is 5.81. The van der Waals surface area contributed by atoms with Crippen LogP contribution < -0.4 is 10.1 Å². The van der Waals surface area contributed by atoms with Gasteiger partial charge in [0.05, 0.1) is 24.1 Å². The van der Waals surface area contributed by atoms with Crippen LogP contribution in [0.1, 0.15) is 16.9 Å². The Kier molecular flexibility index (Phi) is 3.60. The Morgan fingerprint density at radius 1 is 1.41 bits per heavy atom. The number of aromatic nitrogens is 1. The molecule has 1 atom stereocenters. The van der Waals surface area contributed by atoms with Gasteiger partial charge in [-0.05, 0) is 18.6 Å². The molecule has 0 bridgehead atoms. The van der Waals surface area contributed by atoms with E-state index >= 15 is 0 Å². The van der Waals surface area contributed by atoms with E-state index in [1.165, 1.54) is 0 Å². The van der Waals surface area contributed by atoms with Crippen LogP contribution in [0.15, 0.2) is 24.3 Å². The van der Waals surface area contributed by atoms with Gasteiger partial charge < -0.3 is 14.6 Å². The van der Waals surface area contributed by atoms with Crippen molar-refractivity contribution in [3.8, 4) is 5.75 Å². The topological polar surface area (TPSA) is 77.4 Å². The first-order valence-electron chi connectivity index (χ1n) is 7.05. The van der Waals surface area contributed by atoms with Gasteiger partial charge in [0, 0.05) is 18.5 Å². The molecule has 3 rings (SSSR count). The van der Waals surface area contributed by atoms with Gasteiger partial charge in [-0.15, -0.1) is 0 Å². The molecule has 1 N–H and O–H groups in total. The van der Waals surface area contributed by atoms with Crippen LogP contribution >= 0.6 is 0 Å². The van der Waals surface area contributed by atoms with Crippen LogP contribution in [0.5, 0.6) is 5.75 Å². The van der Waals surface area contributed by atoms with Gasteiger partial charge in [-0.1, -0.05) is 12.1 Å². The number of ether oxygens (including phenoxy) is 1. The number of nitrogens with one attached hydrogen (secondary N) is 1. The summed E-state index contributed by atoms with van der Waals surface area (Å²) in [6, 6.07) is 7.10. The molecule has 7 heteroatoms. The van der Waals surface area contributed by atoms with Gasteiger partial charge in [0.1, 0.15) is 11.4 Å². The summed E-state index contributed by atoms with van der Waals surface area (Å²) < 4.78 is 30.1. The Balaban J connectivity index is 1.90. The summed E-state index contributed by atoms with van der Waals surface area (Å²) in [5.74, 6) is 0.595. The van der Waals surface area contributed by atoms with Crippen molar-refractivity contribution in [2.24, 2.45) is 7.05 Å². The molecule has 1 amide bonds. The van der Waals surface area contributed by atoms with Gasteiger partial charge in [0.25, 0.3) is 5.91 Å². The van der Waals surface area contributed by atoms with Crippen LogP contribution in [0.4, 0.5) is 0 Å². The second-order valence-corrected chi connectivity index (χ2v) is 7.79. The van der Waals surface area contributed by atoms with Crippen molar-refractivity contribution in [2.45, 2.75) is 12.5 Å². The SMILES string of the molecule is COc1cccc2cc(C(=O)NC3CCS(=O)(=O)C3)n(C)c12. The number of benzene rings is 1. The highest BCUT2D eigenvalue weighted by molar-refractivity contribution is 7.91. The third-order valence-electron chi connectivity index (χ3n) is 4.04. The molecule has 2 heterocycles. The number of aryl methyl sites for hydroxylation is 1. The van der Waals surface area contributed by atoms with E-state index in [4.69, 9.17) is 4.74 Å². The molecule has 0 saturated carbocycles. The molecule has 1 unspecified atom stereocenters. The minimum Gasteiger partial charge on any atom is -0.495 e. The lowest BCUT2D eigenvalue weighted by Crippen LogP contribution is -2.36. The first-order chi connectivity index (χ1) is 10.4. The molecule has 0 spiro atoms. The molecule has 1 aromatic heterocycles. The molecule has 0 radical (unpaired) electrons. The van der Waals surface area contributed by atoms with E-state index in [9.17, 15) is 13.2 Å². The summed E-state index contributed by atoms with van der Waals surface area (Å²) in [5, 5.41) is 3.72. The van der Waals surface area contributed by atoms with Crippen molar-refractivity contribution in [3.05, 3.63) is 30.0 Å². The van der Waals surface area contributed by atoms with E-state index < -0.39 is 9.84 Å². The summed E-state index contributed by atoms with van der Waals surface area (Å²) >= 11 is 0. The Labute approximate surface area is 129 Å². The summed E-state index contributed by atoms with van der Waals surface area (Å²) in [4.78, 5) is 12.4. The fourth-order valence-electron chi connectivity index (χ4n) is 2.93. The summed E-state index contributed by atoms with van der Waals surface area (Å²) in [7, 11) is 0.375. The predicted molar refractivity (Wildman–Crippen MR) is 84.0 cm³/mol. The lowest BCUT2D eigenvalue weighted by Gasteiger charge is -2.11. The maximum atomic E-state index is 12.4. The van der Waals surface area contributed by atoms with Gasteiger partial charge in [-0.25, -0.2) is 8.42 Å². The van der Waals surface area contributed by atoms with Gasteiger partial charge in [-0.3, -0.25) is 4.79 Å². The van der Waals surface area contributed by atoms with E-state index in [0.717, 1.165) is 10.9 Å². The largest absolute Gasteiger partial charge is 0.495 e. The zero-order chi connectivity index (χ0) is 15.9. The highest BCUT2D eigenvalue weighted by Gasteiger charge is 2.29. The summed E-state index contributed by atoms with van der Waals surface area (Å²) in [6.45, 7) is 0. The Morgan fingerprint density at radius 3 is 2.82 bits per heavy atom. The van der Waals surface area contributed by atoms with Gasteiger partial charge in [0.15, 0.2) is 9.84 Å². The number of fused-ring (bicyclic) bond motifs is 1. The summed E-state index contributed by atoms with van der Waals surface area (Å²) in [5.41, 5.74) is 1.33. The molecule has 1 aromatic carbocycles. The second-order valence-electron chi connectivity index (χ2n) is 5.56. The first kappa shape index (κ1) is 14.9. The Hall–Kier alpha value is -2.02. The van der Waals surface area contributed by atoms with Crippen LogP contribution in [0.2, 0.25) is 0 Å². The second kappa shape index (κ2) is 5.31. The predicted octanol–water partition coefficient (Wildman–Crippen LogP) is 1.10. The quantitative estimate of drug-likeness (QED) is 0.918. The first-order valence-corrected chi connectivity index (χ1v) is 8.87. The van der Waals surface area contributed by atoms with E-state index in [1.54, 1.807) is 24.8 Å². The molecular formula is C15H18N2O4S. The van der Waals surface area contributed by atoms with Gasteiger partial charge in [-0.2, -0.15) is 0 Å². The van der Waals surface area contributed by atoms with Crippen LogP contribution in [-0.4, -0.2) is 43.5 Å². The maximum absolute atomic E-state index is 12.4. The number of para-hydroxylation sites is 1. The standard InChI is InChI=1S/C15H18N2O4S/c1-17-12(8-10-4-3-5-13(21-2)14(10)17)15(18)16-11-6-7-22(19,20)9-11/h3-5,8,11H,6-7,9H2,1-2H3,(H,16,18). The Bertz CT molecular complexity index is 839. The van der Waals surface area contributed by atoms with E-state index in [0.29, 0.717) is 17.9 Å². The van der Waals surface area contributed by atoms with E-state index in [1.807, 2.05) is 18.2 Å². The monoisotopic (exact) mass is 322 g/mol. The third kappa shape index (κ3) is 2.56. The van der Waals surface area contributed by atoms with Gasteiger partial charge >= 0.3 is 0 Å². The van der Waals surface area contributed by atoms with Crippen molar-refractivity contribution >= 4 is 26.6 Å². The van der Waals surface area contributed by atoms with Crippen LogP contribution in [0, 0.1) is 0 Å². The Morgan fingerprint density at radius 2 is 2.18 bits per heavy atom. The number of sulfone groups is 1. The number of rotatable bonds is 3. The van der Waals surface area contributed by atoms with Crippen molar-refractivity contribution in [2.75, 3.05) is 18.6 Å².